The first-order valence-electron chi connectivity index (χ1n) is 6.13. The third kappa shape index (κ3) is 2.59. The molecule has 2 aromatic rings. The van der Waals surface area contributed by atoms with Gasteiger partial charge in [-0.05, 0) is 36.8 Å². The molecule has 0 saturated heterocycles. The van der Waals surface area contributed by atoms with Gasteiger partial charge in [0, 0.05) is 6.07 Å². The highest BCUT2D eigenvalue weighted by atomic mass is 16.5. The van der Waals surface area contributed by atoms with Crippen molar-refractivity contribution < 1.29 is 19.4 Å². The average Bonchev–Trinajstić information content (AvgIpc) is 2.46. The Balaban J connectivity index is 2.47. The van der Waals surface area contributed by atoms with Crippen LogP contribution in [0.25, 0.3) is 0 Å². The topological polar surface area (TPSA) is 55.8 Å². The van der Waals surface area contributed by atoms with Crippen LogP contribution in [-0.4, -0.2) is 25.1 Å². The monoisotopic (exact) mass is 272 g/mol. The second kappa shape index (κ2) is 5.65. The molecule has 20 heavy (non-hydrogen) atoms. The fraction of sp³-hybridized carbons (Fsp3) is 0.188. The molecular formula is C16H16O4. The minimum absolute atomic E-state index is 0.0344. The van der Waals surface area contributed by atoms with Crippen molar-refractivity contribution in [3.05, 3.63) is 53.1 Å². The number of rotatable bonds is 4. The minimum Gasteiger partial charge on any atom is -0.507 e. The number of methoxy groups -OCH3 is 2. The van der Waals surface area contributed by atoms with Gasteiger partial charge in [0.25, 0.3) is 0 Å². The van der Waals surface area contributed by atoms with Crippen molar-refractivity contribution in [3.63, 3.8) is 0 Å². The van der Waals surface area contributed by atoms with Gasteiger partial charge in [-0.2, -0.15) is 0 Å². The predicted molar refractivity (Wildman–Crippen MR) is 75.8 cm³/mol. The van der Waals surface area contributed by atoms with Gasteiger partial charge in [0.2, 0.25) is 0 Å². The van der Waals surface area contributed by atoms with Crippen LogP contribution in [0.5, 0.6) is 17.2 Å². The Bertz CT molecular complexity index is 647. The molecule has 2 rings (SSSR count). The van der Waals surface area contributed by atoms with Crippen LogP contribution in [-0.2, 0) is 0 Å². The molecule has 4 heteroatoms. The number of aryl methyl sites for hydroxylation is 1. The Hall–Kier alpha value is -2.49. The van der Waals surface area contributed by atoms with Gasteiger partial charge in [0.15, 0.2) is 5.78 Å². The number of benzene rings is 2. The Morgan fingerprint density at radius 2 is 1.70 bits per heavy atom. The molecule has 104 valence electrons. The van der Waals surface area contributed by atoms with Gasteiger partial charge < -0.3 is 14.6 Å². The molecule has 1 N–H and O–H groups in total. The quantitative estimate of drug-likeness (QED) is 0.869. The smallest absolute Gasteiger partial charge is 0.200 e. The number of carbonyl (C=O) groups excluding carboxylic acids is 1. The Labute approximate surface area is 117 Å². The Morgan fingerprint density at radius 1 is 1.00 bits per heavy atom. The number of ether oxygens (including phenoxy) is 2. The summed E-state index contributed by atoms with van der Waals surface area (Å²) in [6.07, 6.45) is 0. The summed E-state index contributed by atoms with van der Waals surface area (Å²) in [4.78, 5) is 12.5. The van der Waals surface area contributed by atoms with Gasteiger partial charge in [-0.15, -0.1) is 0 Å². The maximum absolute atomic E-state index is 12.5. The summed E-state index contributed by atoms with van der Waals surface area (Å²) >= 11 is 0. The third-order valence-corrected chi connectivity index (χ3v) is 3.05. The van der Waals surface area contributed by atoms with Crippen LogP contribution < -0.4 is 9.47 Å². The number of ketones is 1. The van der Waals surface area contributed by atoms with Gasteiger partial charge >= 0.3 is 0 Å². The fourth-order valence-electron chi connectivity index (χ4n) is 1.96. The second-order valence-electron chi connectivity index (χ2n) is 4.42. The van der Waals surface area contributed by atoms with Gasteiger partial charge in [-0.3, -0.25) is 4.79 Å². The Kier molecular flexibility index (Phi) is 3.94. The number of hydrogen-bond donors (Lipinski definition) is 1. The summed E-state index contributed by atoms with van der Waals surface area (Å²) in [5.74, 6) is 0.690. The van der Waals surface area contributed by atoms with Crippen LogP contribution in [0.3, 0.4) is 0 Å². The highest BCUT2D eigenvalue weighted by Crippen LogP contribution is 2.29. The molecule has 0 atom stereocenters. The molecule has 0 bridgehead atoms. The molecule has 0 heterocycles. The number of phenols is 1. The van der Waals surface area contributed by atoms with Gasteiger partial charge in [0.05, 0.1) is 25.3 Å². The lowest BCUT2D eigenvalue weighted by Crippen LogP contribution is -2.04. The summed E-state index contributed by atoms with van der Waals surface area (Å²) in [5.41, 5.74) is 1.52. The maximum atomic E-state index is 12.5. The number of carbonyl (C=O) groups is 1. The first kappa shape index (κ1) is 13.9. The molecule has 0 aliphatic heterocycles. The van der Waals surface area contributed by atoms with Crippen molar-refractivity contribution in [3.8, 4) is 17.2 Å². The molecule has 0 aromatic heterocycles. The van der Waals surface area contributed by atoms with Crippen molar-refractivity contribution in [2.45, 2.75) is 6.92 Å². The number of phenolic OH excluding ortho intramolecular Hbond substituents is 1. The average molecular weight is 272 g/mol. The fourth-order valence-corrected chi connectivity index (χ4v) is 1.96. The molecule has 0 fully saturated rings. The summed E-state index contributed by atoms with van der Waals surface area (Å²) in [6, 6.07) is 9.89. The molecule has 0 saturated carbocycles. The summed E-state index contributed by atoms with van der Waals surface area (Å²) in [5, 5.41) is 9.90. The van der Waals surface area contributed by atoms with Crippen LogP contribution in [0, 0.1) is 6.92 Å². The number of hydrogen-bond acceptors (Lipinski definition) is 4. The highest BCUT2D eigenvalue weighted by molar-refractivity contribution is 6.12. The minimum atomic E-state index is -0.290. The van der Waals surface area contributed by atoms with Crippen LogP contribution in [0.4, 0.5) is 0 Å². The normalized spacial score (nSPS) is 10.2. The molecule has 0 amide bonds. The lowest BCUT2D eigenvalue weighted by molar-refractivity contribution is 0.103. The van der Waals surface area contributed by atoms with Crippen molar-refractivity contribution in [1.82, 2.24) is 0 Å². The largest absolute Gasteiger partial charge is 0.507 e. The zero-order chi connectivity index (χ0) is 14.7. The zero-order valence-electron chi connectivity index (χ0n) is 11.6. The van der Waals surface area contributed by atoms with E-state index in [-0.39, 0.29) is 17.1 Å². The van der Waals surface area contributed by atoms with Crippen molar-refractivity contribution in [1.29, 1.82) is 0 Å². The van der Waals surface area contributed by atoms with E-state index in [0.717, 1.165) is 5.56 Å². The van der Waals surface area contributed by atoms with Crippen molar-refractivity contribution >= 4 is 5.78 Å². The van der Waals surface area contributed by atoms with E-state index >= 15 is 0 Å². The van der Waals surface area contributed by atoms with E-state index in [2.05, 4.69) is 0 Å². The van der Waals surface area contributed by atoms with E-state index in [1.165, 1.54) is 7.11 Å². The molecule has 4 nitrogen and oxygen atoms in total. The summed E-state index contributed by atoms with van der Waals surface area (Å²) in [6.45, 7) is 1.85. The van der Waals surface area contributed by atoms with E-state index in [0.29, 0.717) is 17.1 Å². The van der Waals surface area contributed by atoms with Gasteiger partial charge in [0.1, 0.15) is 17.2 Å². The van der Waals surface area contributed by atoms with E-state index in [1.54, 1.807) is 43.5 Å². The first-order chi connectivity index (χ1) is 9.56. The molecule has 0 aliphatic carbocycles. The SMILES string of the molecule is COc1ccc(C(=O)c2ccc(C)cc2O)c(OC)c1. The van der Waals surface area contributed by atoms with E-state index in [4.69, 9.17) is 9.47 Å². The molecular weight excluding hydrogens is 256 g/mol. The second-order valence-corrected chi connectivity index (χ2v) is 4.42. The molecule has 0 spiro atoms. The third-order valence-electron chi connectivity index (χ3n) is 3.05. The van der Waals surface area contributed by atoms with Crippen LogP contribution in [0.15, 0.2) is 36.4 Å². The van der Waals surface area contributed by atoms with Gasteiger partial charge in [-0.25, -0.2) is 0 Å². The summed E-state index contributed by atoms with van der Waals surface area (Å²) < 4.78 is 10.3. The lowest BCUT2D eigenvalue weighted by Gasteiger charge is -2.10. The van der Waals surface area contributed by atoms with Crippen molar-refractivity contribution in [2.75, 3.05) is 14.2 Å². The van der Waals surface area contributed by atoms with E-state index in [9.17, 15) is 9.90 Å². The predicted octanol–water partition coefficient (Wildman–Crippen LogP) is 2.95. The van der Waals surface area contributed by atoms with E-state index in [1.807, 2.05) is 6.92 Å². The maximum Gasteiger partial charge on any atom is 0.200 e. The Morgan fingerprint density at radius 3 is 2.30 bits per heavy atom. The van der Waals surface area contributed by atoms with Gasteiger partial charge in [-0.1, -0.05) is 6.07 Å². The molecule has 0 radical (unpaired) electrons. The summed E-state index contributed by atoms with van der Waals surface area (Å²) in [7, 11) is 3.03. The first-order valence-corrected chi connectivity index (χ1v) is 6.13. The standard InChI is InChI=1S/C16H16O4/c1-10-4-6-12(14(17)8-10)16(18)13-7-5-11(19-2)9-15(13)20-3/h4-9,17H,1-3H3. The molecule has 0 aliphatic rings. The van der Waals surface area contributed by atoms with Crippen LogP contribution in [0.1, 0.15) is 21.5 Å². The van der Waals surface area contributed by atoms with E-state index < -0.39 is 0 Å². The van der Waals surface area contributed by atoms with Crippen LogP contribution >= 0.6 is 0 Å². The lowest BCUT2D eigenvalue weighted by atomic mass is 10.00. The number of aromatic hydroxyl groups is 1. The van der Waals surface area contributed by atoms with Crippen molar-refractivity contribution in [2.24, 2.45) is 0 Å². The highest BCUT2D eigenvalue weighted by Gasteiger charge is 2.18. The molecule has 0 unspecified atom stereocenters. The zero-order valence-corrected chi connectivity index (χ0v) is 11.6. The molecule has 2 aromatic carbocycles. The van der Waals surface area contributed by atoms with Crippen LogP contribution in [0.2, 0.25) is 0 Å².